The molecule has 1 N–H and O–H groups in total. The van der Waals surface area contributed by atoms with Gasteiger partial charge in [-0.3, -0.25) is 25.0 Å². The summed E-state index contributed by atoms with van der Waals surface area (Å²) in [6.45, 7) is 1.40. The number of ether oxygens (including phenoxy) is 1. The number of nitrogens with zero attached hydrogens (tertiary/aromatic N) is 4. The van der Waals surface area contributed by atoms with Crippen molar-refractivity contribution in [1.29, 1.82) is 0 Å². The lowest BCUT2D eigenvalue weighted by Crippen LogP contribution is -2.22. The number of nitro benzene ring substituents is 1. The Kier molecular flexibility index (Phi) is 5.61. The maximum Gasteiger partial charge on any atom is 0.277 e. The van der Waals surface area contributed by atoms with Gasteiger partial charge in [0.25, 0.3) is 17.5 Å². The van der Waals surface area contributed by atoms with E-state index in [1.54, 1.807) is 31.8 Å². The molecule has 35 heavy (non-hydrogen) atoms. The van der Waals surface area contributed by atoms with Gasteiger partial charge >= 0.3 is 0 Å². The largest absolute Gasteiger partial charge is 0.497 e. The number of imide groups is 1. The molecule has 0 saturated heterocycles. The molecule has 1 aliphatic heterocycles. The van der Waals surface area contributed by atoms with E-state index in [0.717, 1.165) is 18.5 Å². The number of fused-ring (bicyclic) bond motifs is 1. The molecule has 0 spiro atoms. The molecule has 2 amide bonds. The van der Waals surface area contributed by atoms with Gasteiger partial charge in [0, 0.05) is 54.2 Å². The fourth-order valence-corrected chi connectivity index (χ4v) is 4.44. The van der Waals surface area contributed by atoms with Crippen LogP contribution in [0.25, 0.3) is 22.0 Å². The minimum atomic E-state index is -0.664. The summed E-state index contributed by atoms with van der Waals surface area (Å²) in [6, 6.07) is 11.5. The van der Waals surface area contributed by atoms with Gasteiger partial charge in [-0.15, -0.1) is 0 Å². The second kappa shape index (κ2) is 8.90. The van der Waals surface area contributed by atoms with Crippen LogP contribution in [0.3, 0.4) is 0 Å². The van der Waals surface area contributed by atoms with Gasteiger partial charge in [-0.05, 0) is 30.7 Å². The maximum absolute atomic E-state index is 13.0. The first-order valence-corrected chi connectivity index (χ1v) is 10.9. The zero-order valence-corrected chi connectivity index (χ0v) is 18.8. The number of methoxy groups -OCH3 is 1. The monoisotopic (exact) mass is 471 g/mol. The number of carbonyl (C=O) groups is 2. The summed E-state index contributed by atoms with van der Waals surface area (Å²) in [6.07, 6.45) is 7.99. The number of carbonyl (C=O) groups excluding carboxylic acids is 2. The second-order valence-corrected chi connectivity index (χ2v) is 8.08. The van der Waals surface area contributed by atoms with Gasteiger partial charge in [-0.2, -0.15) is 0 Å². The van der Waals surface area contributed by atoms with Crippen molar-refractivity contribution in [3.05, 3.63) is 88.6 Å². The zero-order chi connectivity index (χ0) is 24.5. The maximum atomic E-state index is 13.0. The zero-order valence-electron chi connectivity index (χ0n) is 18.8. The number of hydrogen-bond donors (Lipinski definition) is 1. The summed E-state index contributed by atoms with van der Waals surface area (Å²) in [5.74, 6) is -0.667. The Bertz CT molecular complexity index is 1500. The van der Waals surface area contributed by atoms with Crippen molar-refractivity contribution < 1.29 is 19.2 Å². The Balaban J connectivity index is 1.67. The fraction of sp³-hybridized carbons (Fsp3) is 0.160. The smallest absolute Gasteiger partial charge is 0.277 e. The summed E-state index contributed by atoms with van der Waals surface area (Å²) in [5.41, 5.74) is 1.32. The number of amides is 2. The van der Waals surface area contributed by atoms with Crippen LogP contribution in [0.15, 0.2) is 67.4 Å². The van der Waals surface area contributed by atoms with E-state index in [1.165, 1.54) is 18.2 Å². The number of aryl methyl sites for hydroxylation is 2. The van der Waals surface area contributed by atoms with Gasteiger partial charge in [-0.25, -0.2) is 4.98 Å². The molecular formula is C25H21N5O5. The third-order valence-electron chi connectivity index (χ3n) is 6.03. The molecule has 0 radical (unpaired) electrons. The lowest BCUT2D eigenvalue weighted by molar-refractivity contribution is -0.385. The molecule has 2 aromatic carbocycles. The van der Waals surface area contributed by atoms with Crippen LogP contribution in [-0.2, 0) is 22.7 Å². The van der Waals surface area contributed by atoms with Crippen molar-refractivity contribution in [2.24, 2.45) is 0 Å². The standard InChI is InChI=1S/C25H21N5O5/c1-35-16-7-8-20-18(13-16)19(14-29(20)11-4-10-28-12-9-26-15-28)23-22(24(31)27-25(23)32)17-5-2-3-6-21(17)30(33)34/h2-3,5-9,12-15H,4,10-11H2,1H3,(H,27,31,32). The van der Waals surface area contributed by atoms with Crippen molar-refractivity contribution in [1.82, 2.24) is 19.4 Å². The highest BCUT2D eigenvalue weighted by atomic mass is 16.6. The first kappa shape index (κ1) is 22.1. The van der Waals surface area contributed by atoms with Crippen molar-refractivity contribution >= 4 is 39.6 Å². The predicted molar refractivity (Wildman–Crippen MR) is 128 cm³/mol. The third-order valence-corrected chi connectivity index (χ3v) is 6.03. The fourth-order valence-electron chi connectivity index (χ4n) is 4.44. The molecule has 10 heteroatoms. The highest BCUT2D eigenvalue weighted by Crippen LogP contribution is 2.39. The number of rotatable bonds is 8. The van der Waals surface area contributed by atoms with E-state index < -0.39 is 16.7 Å². The van der Waals surface area contributed by atoms with Gasteiger partial charge in [-0.1, -0.05) is 12.1 Å². The Morgan fingerprint density at radius 3 is 2.54 bits per heavy atom. The van der Waals surface area contributed by atoms with E-state index in [1.807, 2.05) is 33.7 Å². The summed E-state index contributed by atoms with van der Waals surface area (Å²) < 4.78 is 9.39. The lowest BCUT2D eigenvalue weighted by Gasteiger charge is -2.06. The molecule has 0 aliphatic carbocycles. The SMILES string of the molecule is COc1ccc2c(c1)c(C1=C(c3ccccc3[N+](=O)[O-])C(=O)NC1=O)cn2CCCn1ccnc1. The summed E-state index contributed by atoms with van der Waals surface area (Å²) in [4.78, 5) is 41.0. The number of nitrogens with one attached hydrogen (secondary N) is 1. The van der Waals surface area contributed by atoms with Crippen LogP contribution in [-0.4, -0.2) is 38.0 Å². The van der Waals surface area contributed by atoms with Crippen molar-refractivity contribution in [2.45, 2.75) is 19.5 Å². The number of benzene rings is 2. The summed E-state index contributed by atoms with van der Waals surface area (Å²) in [7, 11) is 1.55. The van der Waals surface area contributed by atoms with Gasteiger partial charge in [0.05, 0.1) is 35.1 Å². The number of aromatic nitrogens is 3. The van der Waals surface area contributed by atoms with Crippen molar-refractivity contribution in [3.8, 4) is 5.75 Å². The van der Waals surface area contributed by atoms with Crippen molar-refractivity contribution in [3.63, 3.8) is 0 Å². The Labute approximate surface area is 199 Å². The Hall–Kier alpha value is -4.73. The minimum Gasteiger partial charge on any atom is -0.497 e. The molecule has 0 bridgehead atoms. The number of para-hydroxylation sites is 1. The van der Waals surface area contributed by atoms with E-state index in [0.29, 0.717) is 23.2 Å². The first-order valence-electron chi connectivity index (χ1n) is 10.9. The molecule has 176 valence electrons. The quantitative estimate of drug-likeness (QED) is 0.239. The van der Waals surface area contributed by atoms with Crippen LogP contribution < -0.4 is 10.1 Å². The van der Waals surface area contributed by atoms with Crippen LogP contribution in [0, 0.1) is 10.1 Å². The molecule has 0 atom stereocenters. The molecule has 2 aromatic heterocycles. The molecule has 4 aromatic rings. The summed E-state index contributed by atoms with van der Waals surface area (Å²) >= 11 is 0. The number of nitro groups is 1. The molecule has 0 saturated carbocycles. The Morgan fingerprint density at radius 1 is 1.06 bits per heavy atom. The van der Waals surface area contributed by atoms with Crippen LogP contribution in [0.5, 0.6) is 5.75 Å². The number of imidazole rings is 1. The van der Waals surface area contributed by atoms with E-state index in [9.17, 15) is 19.7 Å². The van der Waals surface area contributed by atoms with E-state index in [4.69, 9.17) is 4.74 Å². The average Bonchev–Trinajstić information content (AvgIpc) is 3.56. The van der Waals surface area contributed by atoms with Gasteiger partial charge < -0.3 is 13.9 Å². The van der Waals surface area contributed by atoms with E-state index >= 15 is 0 Å². The average molecular weight is 471 g/mol. The molecular weight excluding hydrogens is 450 g/mol. The van der Waals surface area contributed by atoms with Gasteiger partial charge in [0.15, 0.2) is 0 Å². The second-order valence-electron chi connectivity index (χ2n) is 8.08. The first-order chi connectivity index (χ1) is 17.0. The molecule has 0 unspecified atom stereocenters. The number of hydrogen-bond acceptors (Lipinski definition) is 6. The molecule has 10 nitrogen and oxygen atoms in total. The molecule has 3 heterocycles. The predicted octanol–water partition coefficient (Wildman–Crippen LogP) is 3.41. The van der Waals surface area contributed by atoms with E-state index in [-0.39, 0.29) is 22.4 Å². The Morgan fingerprint density at radius 2 is 1.83 bits per heavy atom. The highest BCUT2D eigenvalue weighted by molar-refractivity contribution is 6.50. The third kappa shape index (κ3) is 3.95. The molecule has 5 rings (SSSR count). The summed E-state index contributed by atoms with van der Waals surface area (Å²) in [5, 5.41) is 14.7. The van der Waals surface area contributed by atoms with Crippen LogP contribution in [0.4, 0.5) is 5.69 Å². The van der Waals surface area contributed by atoms with Crippen LogP contribution in [0.1, 0.15) is 17.5 Å². The van der Waals surface area contributed by atoms with Crippen LogP contribution >= 0.6 is 0 Å². The minimum absolute atomic E-state index is 0.0115. The van der Waals surface area contributed by atoms with Crippen LogP contribution in [0.2, 0.25) is 0 Å². The molecule has 0 fully saturated rings. The topological polar surface area (TPSA) is 121 Å². The van der Waals surface area contributed by atoms with Gasteiger partial charge in [0.2, 0.25) is 0 Å². The highest BCUT2D eigenvalue weighted by Gasteiger charge is 2.36. The van der Waals surface area contributed by atoms with Crippen molar-refractivity contribution in [2.75, 3.05) is 7.11 Å². The van der Waals surface area contributed by atoms with E-state index in [2.05, 4.69) is 10.3 Å². The lowest BCUT2D eigenvalue weighted by atomic mass is 9.95. The molecule has 1 aliphatic rings. The van der Waals surface area contributed by atoms with Gasteiger partial charge in [0.1, 0.15) is 5.75 Å². The normalized spacial score (nSPS) is 13.5.